The lowest BCUT2D eigenvalue weighted by atomic mass is 10.0. The lowest BCUT2D eigenvalue weighted by Crippen LogP contribution is -2.32. The number of aromatic nitrogens is 2. The lowest BCUT2D eigenvalue weighted by Gasteiger charge is -2.12. The Morgan fingerprint density at radius 1 is 0.943 bits per heavy atom. The average Bonchev–Trinajstić information content (AvgIpc) is 2.87. The summed E-state index contributed by atoms with van der Waals surface area (Å²) < 4.78 is 6.77. The van der Waals surface area contributed by atoms with Gasteiger partial charge in [-0.15, -0.1) is 4.68 Å². The van der Waals surface area contributed by atoms with Crippen LogP contribution >= 0.6 is 0 Å². The van der Waals surface area contributed by atoms with Crippen LogP contribution in [0.2, 0.25) is 0 Å². The Bertz CT molecular complexity index is 1740. The largest absolute Gasteiger partial charge is 0.488 e. The molecule has 0 radical (unpaired) electrons. The summed E-state index contributed by atoms with van der Waals surface area (Å²) in [6, 6.07) is 24.1. The van der Waals surface area contributed by atoms with Gasteiger partial charge in [0.05, 0.1) is 22.0 Å². The van der Waals surface area contributed by atoms with Gasteiger partial charge in [-0.3, -0.25) is 14.9 Å². The van der Waals surface area contributed by atoms with Crippen molar-refractivity contribution in [3.63, 3.8) is 0 Å². The highest BCUT2D eigenvalue weighted by Crippen LogP contribution is 2.28. The number of non-ortho nitro benzene ring substituents is 1. The molecule has 1 aromatic heterocycles. The van der Waals surface area contributed by atoms with Crippen LogP contribution in [0.15, 0.2) is 99.6 Å². The molecule has 0 amide bonds. The number of hydrogen-bond donors (Lipinski definition) is 1. The summed E-state index contributed by atoms with van der Waals surface area (Å²) in [6.07, 6.45) is 1.41. The summed E-state index contributed by atoms with van der Waals surface area (Å²) in [5, 5.41) is 17.3. The van der Waals surface area contributed by atoms with E-state index in [1.165, 1.54) is 18.3 Å². The summed E-state index contributed by atoms with van der Waals surface area (Å²) in [5.74, 6) is 0.448. The number of para-hydroxylation sites is 1. The molecule has 0 unspecified atom stereocenters. The number of aromatic amines is 1. The van der Waals surface area contributed by atoms with Gasteiger partial charge in [-0.05, 0) is 34.5 Å². The van der Waals surface area contributed by atoms with E-state index in [4.69, 9.17) is 4.74 Å². The molecular formula is C26H18N4O5. The van der Waals surface area contributed by atoms with Gasteiger partial charge in [-0.2, -0.15) is 5.10 Å². The third-order valence-electron chi connectivity index (χ3n) is 5.53. The van der Waals surface area contributed by atoms with Gasteiger partial charge in [0.2, 0.25) is 0 Å². The van der Waals surface area contributed by atoms with Crippen LogP contribution in [0.25, 0.3) is 21.7 Å². The van der Waals surface area contributed by atoms with Crippen molar-refractivity contribution in [3.8, 4) is 5.75 Å². The van der Waals surface area contributed by atoms with Crippen LogP contribution < -0.4 is 16.0 Å². The summed E-state index contributed by atoms with van der Waals surface area (Å²) >= 11 is 0. The molecule has 0 atom stereocenters. The van der Waals surface area contributed by atoms with Gasteiger partial charge in [0.15, 0.2) is 0 Å². The molecule has 5 rings (SSSR count). The van der Waals surface area contributed by atoms with Gasteiger partial charge in [-0.25, -0.2) is 4.79 Å². The maximum Gasteiger partial charge on any atom is 0.349 e. The van der Waals surface area contributed by atoms with Gasteiger partial charge in [0, 0.05) is 17.7 Å². The van der Waals surface area contributed by atoms with Gasteiger partial charge in [0.25, 0.3) is 11.2 Å². The molecule has 0 aliphatic carbocycles. The second kappa shape index (κ2) is 9.06. The minimum Gasteiger partial charge on any atom is -0.488 e. The smallest absolute Gasteiger partial charge is 0.349 e. The third-order valence-corrected chi connectivity index (χ3v) is 5.53. The molecular weight excluding hydrogens is 448 g/mol. The lowest BCUT2D eigenvalue weighted by molar-refractivity contribution is -0.384. The predicted molar refractivity (Wildman–Crippen MR) is 133 cm³/mol. The molecule has 172 valence electrons. The fourth-order valence-corrected chi connectivity index (χ4v) is 3.83. The molecule has 1 heterocycles. The number of nitrogens with zero attached hydrogens (tertiary/aromatic N) is 3. The molecule has 5 aromatic rings. The molecule has 0 saturated carbocycles. The highest BCUT2D eigenvalue weighted by Gasteiger charge is 2.11. The molecule has 0 aliphatic heterocycles. The monoisotopic (exact) mass is 466 g/mol. The van der Waals surface area contributed by atoms with Crippen molar-refractivity contribution < 1.29 is 9.66 Å². The molecule has 0 spiro atoms. The maximum absolute atomic E-state index is 12.9. The van der Waals surface area contributed by atoms with Crippen LogP contribution in [-0.4, -0.2) is 20.8 Å². The fraction of sp³-hybridized carbons (Fsp3) is 0.0385. The second-order valence-electron chi connectivity index (χ2n) is 7.75. The molecule has 0 bridgehead atoms. The van der Waals surface area contributed by atoms with Crippen LogP contribution in [0, 0.1) is 10.1 Å². The first-order valence-electron chi connectivity index (χ1n) is 10.7. The Morgan fingerprint density at radius 2 is 1.71 bits per heavy atom. The molecule has 0 saturated heterocycles. The van der Waals surface area contributed by atoms with E-state index in [1.807, 2.05) is 30.3 Å². The number of benzene rings is 4. The number of hydrogen-bond acceptors (Lipinski definition) is 6. The number of fused-ring (bicyclic) bond motifs is 2. The summed E-state index contributed by atoms with van der Waals surface area (Å²) in [7, 11) is 0. The number of nitrogens with one attached hydrogen (secondary N) is 1. The van der Waals surface area contributed by atoms with E-state index in [1.54, 1.807) is 42.5 Å². The van der Waals surface area contributed by atoms with Crippen molar-refractivity contribution in [2.75, 3.05) is 0 Å². The summed E-state index contributed by atoms with van der Waals surface area (Å²) in [4.78, 5) is 38.7. The van der Waals surface area contributed by atoms with E-state index in [0.29, 0.717) is 27.8 Å². The summed E-state index contributed by atoms with van der Waals surface area (Å²) in [6.45, 7) is 0.0807. The van der Waals surface area contributed by atoms with Gasteiger partial charge < -0.3 is 9.72 Å². The molecule has 0 aliphatic rings. The predicted octanol–water partition coefficient (Wildman–Crippen LogP) is 4.21. The first kappa shape index (κ1) is 21.8. The van der Waals surface area contributed by atoms with Crippen LogP contribution in [0.5, 0.6) is 5.75 Å². The second-order valence-corrected chi connectivity index (χ2v) is 7.75. The van der Waals surface area contributed by atoms with E-state index in [0.717, 1.165) is 15.4 Å². The zero-order valence-electron chi connectivity index (χ0n) is 18.3. The average molecular weight is 466 g/mol. The van der Waals surface area contributed by atoms with E-state index < -0.39 is 16.2 Å². The van der Waals surface area contributed by atoms with E-state index >= 15 is 0 Å². The van der Waals surface area contributed by atoms with E-state index in [-0.39, 0.29) is 12.3 Å². The fourth-order valence-electron chi connectivity index (χ4n) is 3.83. The van der Waals surface area contributed by atoms with E-state index in [9.17, 15) is 19.7 Å². The molecule has 35 heavy (non-hydrogen) atoms. The zero-order chi connectivity index (χ0) is 24.4. The maximum atomic E-state index is 12.9. The Labute approximate surface area is 197 Å². The number of rotatable bonds is 6. The quantitative estimate of drug-likeness (QED) is 0.228. The Kier molecular flexibility index (Phi) is 5.64. The van der Waals surface area contributed by atoms with Crippen LogP contribution in [0.4, 0.5) is 5.69 Å². The normalized spacial score (nSPS) is 11.3. The van der Waals surface area contributed by atoms with Crippen molar-refractivity contribution in [1.82, 2.24) is 9.66 Å². The van der Waals surface area contributed by atoms with Crippen LogP contribution in [0.3, 0.4) is 0 Å². The van der Waals surface area contributed by atoms with Crippen molar-refractivity contribution >= 4 is 33.6 Å². The molecule has 1 N–H and O–H groups in total. The number of nitro benzene ring substituents is 1. The summed E-state index contributed by atoms with van der Waals surface area (Å²) in [5.41, 5.74) is 0.385. The van der Waals surface area contributed by atoms with Gasteiger partial charge in [-0.1, -0.05) is 54.6 Å². The van der Waals surface area contributed by atoms with E-state index in [2.05, 4.69) is 10.1 Å². The highest BCUT2D eigenvalue weighted by molar-refractivity contribution is 6.02. The topological polar surface area (TPSA) is 120 Å². The third kappa shape index (κ3) is 4.30. The SMILES string of the molecule is O=c1[nH]c2ccccc2c(=O)n1N=Cc1c(OCc2cccc([N+](=O)[O-])c2)ccc2ccccc12. The number of ether oxygens (including phenoxy) is 1. The standard InChI is InChI=1S/C26H18N4O5/c31-25-21-10-3-4-11-23(21)28-26(32)29(25)27-15-22-20-9-2-1-7-18(20)12-13-24(22)35-16-17-6-5-8-19(14-17)30(33)34/h1-15H,16H2,(H,28,32). The highest BCUT2D eigenvalue weighted by atomic mass is 16.6. The minimum atomic E-state index is -0.663. The first-order valence-corrected chi connectivity index (χ1v) is 10.7. The van der Waals surface area contributed by atoms with Gasteiger partial charge in [0.1, 0.15) is 12.4 Å². The molecule has 4 aromatic carbocycles. The van der Waals surface area contributed by atoms with Crippen molar-refractivity contribution in [3.05, 3.63) is 127 Å². The number of nitro groups is 1. The Morgan fingerprint density at radius 3 is 2.54 bits per heavy atom. The zero-order valence-corrected chi connectivity index (χ0v) is 18.3. The minimum absolute atomic E-state index is 0.0266. The molecule has 9 nitrogen and oxygen atoms in total. The van der Waals surface area contributed by atoms with Gasteiger partial charge >= 0.3 is 5.69 Å². The van der Waals surface area contributed by atoms with Crippen molar-refractivity contribution in [1.29, 1.82) is 0 Å². The number of H-pyrrole nitrogens is 1. The van der Waals surface area contributed by atoms with Crippen molar-refractivity contribution in [2.45, 2.75) is 6.61 Å². The Balaban J connectivity index is 1.56. The molecule has 0 fully saturated rings. The first-order chi connectivity index (χ1) is 17.0. The molecule has 9 heteroatoms. The van der Waals surface area contributed by atoms with Crippen LogP contribution in [-0.2, 0) is 6.61 Å². The van der Waals surface area contributed by atoms with Crippen LogP contribution in [0.1, 0.15) is 11.1 Å². The van der Waals surface area contributed by atoms with Crippen molar-refractivity contribution in [2.24, 2.45) is 5.10 Å². The Hall–Kier alpha value is -5.05.